The van der Waals surface area contributed by atoms with Crippen molar-refractivity contribution >= 4 is 51.0 Å². The predicted octanol–water partition coefficient (Wildman–Crippen LogP) is 0.907. The highest BCUT2D eigenvalue weighted by atomic mass is 35.5. The van der Waals surface area contributed by atoms with E-state index in [1.165, 1.54) is 18.2 Å². The predicted molar refractivity (Wildman–Crippen MR) is 132 cm³/mol. The summed E-state index contributed by atoms with van der Waals surface area (Å²) in [5.41, 5.74) is 16.9. The summed E-state index contributed by atoms with van der Waals surface area (Å²) in [6.45, 7) is 0.157. The number of rotatable bonds is 12. The number of nitrogens with one attached hydrogen (secondary N) is 2. The van der Waals surface area contributed by atoms with Crippen LogP contribution in [0.4, 0.5) is 0 Å². The Morgan fingerprint density at radius 3 is 2.12 bits per heavy atom. The molecule has 0 spiro atoms. The molecule has 2 atom stereocenters. The number of nitrogens with zero attached hydrogens (tertiary/aromatic N) is 1. The lowest BCUT2D eigenvalue weighted by atomic mass is 10.0. The molecule has 0 radical (unpaired) electrons. The zero-order valence-corrected chi connectivity index (χ0v) is 20.4. The SMILES string of the molecule is NC(=O)[C@H](Cc1ccccc1)NC(=O)[C@H](CCCN=C(N)N)NS(=O)(=O)c1c(Cl)cccc1Cl. The van der Waals surface area contributed by atoms with Gasteiger partial charge in [0.05, 0.1) is 10.0 Å². The number of amides is 2. The fraction of sp³-hybridized carbons (Fsp3) is 0.286. The third-order valence-corrected chi connectivity index (χ3v) is 7.12. The molecule has 0 unspecified atom stereocenters. The Hall–Kier alpha value is -2.86. The van der Waals surface area contributed by atoms with Crippen molar-refractivity contribution in [1.29, 1.82) is 0 Å². The van der Waals surface area contributed by atoms with Crippen molar-refractivity contribution in [2.24, 2.45) is 22.2 Å². The zero-order valence-electron chi connectivity index (χ0n) is 18.1. The lowest BCUT2D eigenvalue weighted by molar-refractivity contribution is -0.128. The largest absolute Gasteiger partial charge is 0.370 e. The molecule has 0 bridgehead atoms. The minimum atomic E-state index is -4.31. The number of guanidine groups is 1. The molecule has 2 aromatic carbocycles. The Kier molecular flexibility index (Phi) is 10.1. The van der Waals surface area contributed by atoms with Crippen LogP contribution in [0.2, 0.25) is 10.0 Å². The molecule has 0 aromatic heterocycles. The third-order valence-electron chi connectivity index (χ3n) is 4.69. The van der Waals surface area contributed by atoms with E-state index in [4.69, 9.17) is 40.4 Å². The molecule has 0 saturated heterocycles. The second-order valence-electron chi connectivity index (χ2n) is 7.33. The van der Waals surface area contributed by atoms with E-state index < -0.39 is 33.9 Å². The Morgan fingerprint density at radius 2 is 1.56 bits per heavy atom. The number of halogens is 2. The molecule has 0 heterocycles. The van der Waals surface area contributed by atoms with Crippen molar-refractivity contribution in [2.45, 2.75) is 36.2 Å². The number of hydrogen-bond donors (Lipinski definition) is 5. The maximum Gasteiger partial charge on any atom is 0.244 e. The molecule has 184 valence electrons. The van der Waals surface area contributed by atoms with E-state index >= 15 is 0 Å². The minimum Gasteiger partial charge on any atom is -0.370 e. The molecular weight excluding hydrogens is 503 g/mol. The highest BCUT2D eigenvalue weighted by molar-refractivity contribution is 7.89. The molecule has 2 amide bonds. The third kappa shape index (κ3) is 8.17. The van der Waals surface area contributed by atoms with Crippen molar-refractivity contribution in [3.63, 3.8) is 0 Å². The van der Waals surface area contributed by atoms with Crippen molar-refractivity contribution < 1.29 is 18.0 Å². The molecular formula is C21H26Cl2N6O4S. The van der Waals surface area contributed by atoms with Gasteiger partial charge in [-0.3, -0.25) is 14.6 Å². The Balaban J connectivity index is 2.26. The van der Waals surface area contributed by atoms with Crippen molar-refractivity contribution in [3.8, 4) is 0 Å². The van der Waals surface area contributed by atoms with E-state index in [9.17, 15) is 18.0 Å². The van der Waals surface area contributed by atoms with Gasteiger partial charge in [0, 0.05) is 13.0 Å². The monoisotopic (exact) mass is 528 g/mol. The number of carbonyl (C=O) groups is 2. The van der Waals surface area contributed by atoms with Crippen LogP contribution < -0.4 is 27.2 Å². The molecule has 34 heavy (non-hydrogen) atoms. The number of benzene rings is 2. The average molecular weight is 529 g/mol. The average Bonchev–Trinajstić information content (AvgIpc) is 2.75. The summed E-state index contributed by atoms with van der Waals surface area (Å²) in [5, 5.41) is 2.30. The maximum atomic E-state index is 13.1. The van der Waals surface area contributed by atoms with Crippen LogP contribution >= 0.6 is 23.2 Å². The van der Waals surface area contributed by atoms with Crippen LogP contribution in [0.3, 0.4) is 0 Å². The molecule has 0 aliphatic rings. The number of nitrogens with two attached hydrogens (primary N) is 3. The fourth-order valence-electron chi connectivity index (χ4n) is 3.08. The van der Waals surface area contributed by atoms with Crippen LogP contribution in [0.5, 0.6) is 0 Å². The summed E-state index contributed by atoms with van der Waals surface area (Å²) in [4.78, 5) is 28.5. The van der Waals surface area contributed by atoms with Crippen molar-refractivity contribution in [3.05, 3.63) is 64.1 Å². The second-order valence-corrected chi connectivity index (χ2v) is 9.79. The Morgan fingerprint density at radius 1 is 0.941 bits per heavy atom. The van der Waals surface area contributed by atoms with Gasteiger partial charge >= 0.3 is 0 Å². The lowest BCUT2D eigenvalue weighted by Crippen LogP contribution is -2.53. The summed E-state index contributed by atoms with van der Waals surface area (Å²) < 4.78 is 28.4. The van der Waals surface area contributed by atoms with Gasteiger partial charge in [0.2, 0.25) is 21.8 Å². The second kappa shape index (κ2) is 12.6. The molecule has 13 heteroatoms. The van der Waals surface area contributed by atoms with Gasteiger partial charge in [-0.15, -0.1) is 0 Å². The van der Waals surface area contributed by atoms with E-state index in [0.29, 0.717) is 0 Å². The number of aliphatic imine (C=N–C) groups is 1. The lowest BCUT2D eigenvalue weighted by Gasteiger charge is -2.22. The van der Waals surface area contributed by atoms with Gasteiger partial charge in [-0.25, -0.2) is 8.42 Å². The standard InChI is InChI=1S/C21H26Cl2N6O4S/c22-14-8-4-9-15(23)18(14)34(32,33)29-16(10-5-11-27-21(25)26)20(31)28-17(19(24)30)12-13-6-2-1-3-7-13/h1-4,6-9,16-17,29H,5,10-12H2,(H2,24,30)(H,28,31)(H4,25,26,27)/t16-,17-/m0/s1. The van der Waals surface area contributed by atoms with Gasteiger partial charge in [0.25, 0.3) is 0 Å². The van der Waals surface area contributed by atoms with Gasteiger partial charge in [-0.05, 0) is 30.5 Å². The van der Waals surface area contributed by atoms with Crippen LogP contribution in [-0.4, -0.2) is 44.8 Å². The van der Waals surface area contributed by atoms with E-state index in [2.05, 4.69) is 15.0 Å². The maximum absolute atomic E-state index is 13.1. The van der Waals surface area contributed by atoms with Crippen LogP contribution in [0.1, 0.15) is 18.4 Å². The molecule has 0 saturated carbocycles. The highest BCUT2D eigenvalue weighted by Gasteiger charge is 2.30. The van der Waals surface area contributed by atoms with Crippen LogP contribution in [0.15, 0.2) is 58.4 Å². The molecule has 0 fully saturated rings. The fourth-order valence-corrected chi connectivity index (χ4v) is 5.45. The topological polar surface area (TPSA) is 183 Å². The van der Waals surface area contributed by atoms with Gasteiger partial charge in [0.15, 0.2) is 5.96 Å². The van der Waals surface area contributed by atoms with Crippen LogP contribution in [0, 0.1) is 0 Å². The van der Waals surface area contributed by atoms with Gasteiger partial charge in [-0.2, -0.15) is 4.72 Å². The van der Waals surface area contributed by atoms with E-state index in [-0.39, 0.29) is 46.7 Å². The van der Waals surface area contributed by atoms with Crippen molar-refractivity contribution in [2.75, 3.05) is 6.54 Å². The first kappa shape index (κ1) is 27.4. The first-order valence-electron chi connectivity index (χ1n) is 10.2. The first-order valence-corrected chi connectivity index (χ1v) is 12.4. The minimum absolute atomic E-state index is 0.0146. The summed E-state index contributed by atoms with van der Waals surface area (Å²) in [7, 11) is -4.31. The summed E-state index contributed by atoms with van der Waals surface area (Å²) in [6, 6.07) is 10.8. The van der Waals surface area contributed by atoms with E-state index in [1.54, 1.807) is 24.3 Å². The van der Waals surface area contributed by atoms with Gasteiger partial charge < -0.3 is 22.5 Å². The smallest absolute Gasteiger partial charge is 0.244 e. The number of carbonyl (C=O) groups excluding carboxylic acids is 2. The Labute approximate surface area is 207 Å². The van der Waals surface area contributed by atoms with Crippen molar-refractivity contribution in [1.82, 2.24) is 10.0 Å². The molecule has 0 aliphatic carbocycles. The first-order chi connectivity index (χ1) is 16.0. The van der Waals surface area contributed by atoms with E-state index in [1.807, 2.05) is 6.07 Å². The molecule has 2 aromatic rings. The number of primary amides is 1. The Bertz CT molecular complexity index is 1120. The number of hydrogen-bond acceptors (Lipinski definition) is 5. The molecule has 8 N–H and O–H groups in total. The van der Waals surface area contributed by atoms with Crippen LogP contribution in [0.25, 0.3) is 0 Å². The normalized spacial score (nSPS) is 13.0. The quantitative estimate of drug-likeness (QED) is 0.155. The summed E-state index contributed by atoms with van der Waals surface area (Å²) >= 11 is 12.1. The highest BCUT2D eigenvalue weighted by Crippen LogP contribution is 2.29. The van der Waals surface area contributed by atoms with Gasteiger partial charge in [-0.1, -0.05) is 59.6 Å². The summed E-state index contributed by atoms with van der Waals surface area (Å²) in [6.07, 6.45) is 0.404. The molecule has 2 rings (SSSR count). The van der Waals surface area contributed by atoms with E-state index in [0.717, 1.165) is 5.56 Å². The molecule has 0 aliphatic heterocycles. The number of sulfonamides is 1. The van der Waals surface area contributed by atoms with Gasteiger partial charge in [0.1, 0.15) is 17.0 Å². The van der Waals surface area contributed by atoms with Crippen LogP contribution in [-0.2, 0) is 26.0 Å². The summed E-state index contributed by atoms with van der Waals surface area (Å²) in [5.74, 6) is -1.66. The zero-order chi connectivity index (χ0) is 25.3. The molecule has 10 nitrogen and oxygen atoms in total.